The summed E-state index contributed by atoms with van der Waals surface area (Å²) in [6.07, 6.45) is -46.5. The van der Waals surface area contributed by atoms with Crippen LogP contribution in [0.1, 0.15) is 13.8 Å². The summed E-state index contributed by atoms with van der Waals surface area (Å²) < 4.78 is 90.1. The van der Waals surface area contributed by atoms with E-state index < -0.39 is 196 Å². The molecule has 0 aliphatic carbocycles. The average molecular weight is 956 g/mol. The van der Waals surface area contributed by atoms with Crippen LogP contribution in [0.3, 0.4) is 0 Å². The molecule has 0 aromatic carbocycles. The van der Waals surface area contributed by atoms with Crippen molar-refractivity contribution in [3.05, 3.63) is 0 Å². The molecule has 63 heavy (non-hydrogen) atoms. The maximum Gasteiger partial charge on any atom is 1.00 e. The molecule has 1 unspecified atom stereocenters. The molecular formula is C32H54NNaO28S. The Balaban J connectivity index is 0.00000871. The maximum absolute atomic E-state index is 12.8. The number of rotatable bonds is 15. The van der Waals surface area contributed by atoms with E-state index in [2.05, 4.69) is 9.50 Å². The third-order valence-corrected chi connectivity index (χ3v) is 11.3. The van der Waals surface area contributed by atoms with Crippen LogP contribution in [0.2, 0.25) is 0 Å². The molecule has 29 nitrogen and oxygen atoms in total. The zero-order valence-corrected chi connectivity index (χ0v) is 36.5. The first-order valence-corrected chi connectivity index (χ1v) is 20.4. The normalized spacial score (nSPS) is 48.6. The predicted molar refractivity (Wildman–Crippen MR) is 185 cm³/mol. The van der Waals surface area contributed by atoms with Gasteiger partial charge in [-0.25, -0.2) is 8.42 Å². The van der Waals surface area contributed by atoms with Gasteiger partial charge in [0.25, 0.3) is 0 Å². The minimum atomic E-state index is -5.68. The van der Waals surface area contributed by atoms with Crippen LogP contribution in [0.15, 0.2) is 0 Å². The van der Waals surface area contributed by atoms with Crippen LogP contribution in [-0.2, 0) is 62.0 Å². The molecule has 5 aliphatic rings. The SMILES string of the molecule is CC(=O)N[C@H]1[C@H](O[C@@H]2[C@H](O)[C@@H](O)[C@H](O[C@H]3[C@H](O)[C@H](O)C(O)O[C@@H]3CO)O[C@@H]2CO)O[C@H](CO)[C@@H](O[C@@H]2O[C@@H](C)[C@@H](O)[C@@H](O)[C@@H]2O)[C@@H]1O[C@@H]1O[C@H](CO)[C@H](O)[C@H](OS(=O)(=O)[O-])[C@H]1O.[Na+]. The van der Waals surface area contributed by atoms with Crippen LogP contribution < -0.4 is 34.9 Å². The molecular weight excluding hydrogens is 901 g/mol. The second-order valence-electron chi connectivity index (χ2n) is 15.1. The van der Waals surface area contributed by atoms with E-state index in [0.717, 1.165) is 6.92 Å². The second-order valence-corrected chi connectivity index (χ2v) is 16.2. The second kappa shape index (κ2) is 23.1. The Kier molecular flexibility index (Phi) is 20.2. The van der Waals surface area contributed by atoms with Crippen LogP contribution in [-0.4, -0.2) is 270 Å². The van der Waals surface area contributed by atoms with Crippen LogP contribution in [0.4, 0.5) is 0 Å². The van der Waals surface area contributed by atoms with Gasteiger partial charge in [-0.2, -0.15) is 0 Å². The van der Waals surface area contributed by atoms with Crippen LogP contribution in [0.5, 0.6) is 0 Å². The van der Waals surface area contributed by atoms with Gasteiger partial charge in [-0.05, 0) is 6.92 Å². The number of aliphatic hydroxyl groups excluding tert-OH is 14. The van der Waals surface area contributed by atoms with E-state index in [1.165, 1.54) is 6.92 Å². The molecule has 5 fully saturated rings. The van der Waals surface area contributed by atoms with E-state index in [-0.39, 0.29) is 29.6 Å². The van der Waals surface area contributed by atoms with Crippen molar-refractivity contribution in [3.8, 4) is 0 Å². The molecule has 1 amide bonds. The molecule has 15 N–H and O–H groups in total. The molecule has 0 saturated carbocycles. The summed E-state index contributed by atoms with van der Waals surface area (Å²) in [5.41, 5.74) is 0. The maximum atomic E-state index is 12.8. The summed E-state index contributed by atoms with van der Waals surface area (Å²) in [5.74, 6) is -0.915. The Bertz CT molecular complexity index is 1560. The number of ether oxygens (including phenoxy) is 9. The standard InChI is InChI=1S/C32H55NO28S.Na/c1-7-14(39)16(41)20(45)30(52-7)59-25-12(6-37)55-29(13(33-8(2)38)26(25)60-32-22(47)27(61-62(49,50)51)15(40)9(3-34)54-32)57-24-11(5-36)56-31(21(46)18(24)43)58-23-10(4-35)53-28(48)19(44)17(23)42;/h7,9-32,34-37,39-48H,3-6H2,1-2H3,(H,33,38)(H,49,50,51);/q;+1/p-1/t7-,9+,10+,11+,12+,13+,14+,15-,16+,17+,18+,19-,20-,21+,22+,23+,24-,25+,26+,27-,28?,29-,30-,31-,32-;/m0./s1. The smallest absolute Gasteiger partial charge is 0.726 e. The Morgan fingerprint density at radius 3 is 1.51 bits per heavy atom. The number of hydrogen-bond acceptors (Lipinski definition) is 28. The van der Waals surface area contributed by atoms with Gasteiger partial charge in [0.1, 0.15) is 116 Å². The van der Waals surface area contributed by atoms with E-state index >= 15 is 0 Å². The summed E-state index contributed by atoms with van der Waals surface area (Å²) in [5, 5.41) is 149. The van der Waals surface area contributed by atoms with Crippen molar-refractivity contribution >= 4 is 16.3 Å². The molecule has 0 bridgehead atoms. The van der Waals surface area contributed by atoms with Gasteiger partial charge in [-0.15, -0.1) is 0 Å². The van der Waals surface area contributed by atoms with Crippen molar-refractivity contribution in [1.29, 1.82) is 0 Å². The predicted octanol–water partition coefficient (Wildman–Crippen LogP) is -14.3. The van der Waals surface area contributed by atoms with Gasteiger partial charge < -0.3 is 124 Å². The molecule has 0 radical (unpaired) electrons. The van der Waals surface area contributed by atoms with Gasteiger partial charge in [0, 0.05) is 6.92 Å². The third kappa shape index (κ3) is 12.4. The fourth-order valence-electron chi connectivity index (χ4n) is 7.61. The number of nitrogens with one attached hydrogen (secondary N) is 1. The summed E-state index contributed by atoms with van der Waals surface area (Å²) >= 11 is 0. The van der Waals surface area contributed by atoms with Gasteiger partial charge in [-0.1, -0.05) is 0 Å². The van der Waals surface area contributed by atoms with Crippen LogP contribution in [0, 0.1) is 0 Å². The summed E-state index contributed by atoms with van der Waals surface area (Å²) in [6, 6.07) is -1.86. The molecule has 362 valence electrons. The summed E-state index contributed by atoms with van der Waals surface area (Å²) in [6.45, 7) is -1.88. The minimum absolute atomic E-state index is 0. The van der Waals surface area contributed by atoms with Crippen molar-refractivity contribution in [3.63, 3.8) is 0 Å². The fraction of sp³-hybridized carbons (Fsp3) is 0.969. The van der Waals surface area contributed by atoms with Crippen LogP contribution in [0.25, 0.3) is 0 Å². The number of hydrogen-bond donors (Lipinski definition) is 15. The molecule has 5 aliphatic heterocycles. The summed E-state index contributed by atoms with van der Waals surface area (Å²) in [7, 11) is -5.68. The van der Waals surface area contributed by atoms with Gasteiger partial charge in [0.15, 0.2) is 31.5 Å². The van der Waals surface area contributed by atoms with Gasteiger partial charge in [0.2, 0.25) is 16.3 Å². The molecule has 31 heteroatoms. The number of carbonyl (C=O) groups is 1. The molecule has 5 heterocycles. The first-order valence-electron chi connectivity index (χ1n) is 19.1. The van der Waals surface area contributed by atoms with Crippen molar-refractivity contribution in [2.75, 3.05) is 26.4 Å². The van der Waals surface area contributed by atoms with Crippen LogP contribution >= 0.6 is 0 Å². The molecule has 0 spiro atoms. The first-order chi connectivity index (χ1) is 29.1. The summed E-state index contributed by atoms with van der Waals surface area (Å²) in [4.78, 5) is 12.8. The number of carbonyl (C=O) groups excluding carboxylic acids is 1. The van der Waals surface area contributed by atoms with E-state index in [1.807, 2.05) is 0 Å². The molecule has 0 aromatic rings. The van der Waals surface area contributed by atoms with E-state index in [1.54, 1.807) is 0 Å². The zero-order valence-electron chi connectivity index (χ0n) is 33.6. The number of amides is 1. The van der Waals surface area contributed by atoms with Gasteiger partial charge in [-0.3, -0.25) is 8.98 Å². The monoisotopic (exact) mass is 955 g/mol. The van der Waals surface area contributed by atoms with Gasteiger partial charge >= 0.3 is 29.6 Å². The topological polar surface area (TPSA) is 462 Å². The van der Waals surface area contributed by atoms with E-state index in [9.17, 15) is 89.3 Å². The molecule has 25 atom stereocenters. The van der Waals surface area contributed by atoms with E-state index in [0.29, 0.717) is 0 Å². The average Bonchev–Trinajstić information content (AvgIpc) is 3.22. The van der Waals surface area contributed by atoms with Crippen molar-refractivity contribution in [2.24, 2.45) is 0 Å². The van der Waals surface area contributed by atoms with Crippen molar-refractivity contribution in [2.45, 2.75) is 167 Å². The van der Waals surface area contributed by atoms with E-state index in [4.69, 9.17) is 42.6 Å². The molecule has 5 rings (SSSR count). The van der Waals surface area contributed by atoms with Crippen molar-refractivity contribution < 1.29 is 166 Å². The Morgan fingerprint density at radius 1 is 0.524 bits per heavy atom. The largest absolute Gasteiger partial charge is 1.00 e. The first kappa shape index (κ1) is 55.0. The molecule has 5 saturated heterocycles. The Morgan fingerprint density at radius 2 is 0.952 bits per heavy atom. The van der Waals surface area contributed by atoms with Crippen molar-refractivity contribution in [1.82, 2.24) is 5.32 Å². The Hall–Kier alpha value is -0.580. The quantitative estimate of drug-likeness (QED) is 0.0412. The number of aliphatic hydroxyl groups is 14. The fourth-order valence-corrected chi connectivity index (χ4v) is 8.11. The minimum Gasteiger partial charge on any atom is -0.726 e. The molecule has 0 aromatic heterocycles. The third-order valence-electron chi connectivity index (χ3n) is 10.9. The Labute approximate surface area is 379 Å². The van der Waals surface area contributed by atoms with Gasteiger partial charge in [0.05, 0.1) is 32.5 Å². The zero-order chi connectivity index (χ0) is 46.1.